The molecule has 0 amide bonds. The molecule has 1 atom stereocenters. The third-order valence-corrected chi connectivity index (χ3v) is 11.3. The molecule has 0 bridgehead atoms. The molecule has 0 fully saturated rings. The number of rotatable bonds is 11. The van der Waals surface area contributed by atoms with Crippen molar-refractivity contribution in [2.75, 3.05) is 16.6 Å². The standard InChI is InChI=1S/C30H45ClN2O5SSi/c1-10-12-22(31)13-11-14-23-24-19-20(2)32-15-16-33(39(36,37)17-18-40(7,8)9)26(27(24)32)21(3)25(23)28(29(34)35)38-30(4,5)6/h11-13,19,28H,10,14-18H2,1-9H3,(H,34,35)/b13-11-,22-12+. The summed E-state index contributed by atoms with van der Waals surface area (Å²) in [5.41, 5.74) is 3.61. The molecule has 0 radical (unpaired) electrons. The van der Waals surface area contributed by atoms with Crippen molar-refractivity contribution in [2.24, 2.45) is 0 Å². The Morgan fingerprint density at radius 1 is 1.23 bits per heavy atom. The van der Waals surface area contributed by atoms with Crippen molar-refractivity contribution in [2.45, 2.75) is 98.3 Å². The first kappa shape index (κ1) is 32.4. The van der Waals surface area contributed by atoms with Gasteiger partial charge in [0.05, 0.1) is 29.1 Å². The molecule has 1 aromatic heterocycles. The van der Waals surface area contributed by atoms with Gasteiger partial charge < -0.3 is 14.4 Å². The van der Waals surface area contributed by atoms with E-state index in [9.17, 15) is 18.3 Å². The van der Waals surface area contributed by atoms with Gasteiger partial charge in [-0.1, -0.05) is 50.3 Å². The quantitative estimate of drug-likeness (QED) is 0.213. The minimum Gasteiger partial charge on any atom is -0.479 e. The molecule has 1 aliphatic rings. The third-order valence-electron chi connectivity index (χ3n) is 7.12. The van der Waals surface area contributed by atoms with Crippen LogP contribution in [0.25, 0.3) is 10.9 Å². The Balaban J connectivity index is 2.37. The summed E-state index contributed by atoms with van der Waals surface area (Å²) in [6.07, 6.45) is 5.62. The number of halogens is 1. The monoisotopic (exact) mass is 608 g/mol. The maximum absolute atomic E-state index is 13.8. The molecule has 1 N–H and O–H groups in total. The van der Waals surface area contributed by atoms with Crippen LogP contribution in [-0.4, -0.2) is 50.0 Å². The molecule has 2 aromatic rings. The summed E-state index contributed by atoms with van der Waals surface area (Å²) >= 11 is 6.33. The first-order valence-corrected chi connectivity index (χ1v) is 19.7. The van der Waals surface area contributed by atoms with Gasteiger partial charge >= 0.3 is 5.97 Å². The first-order valence-electron chi connectivity index (χ1n) is 14.0. The highest BCUT2D eigenvalue weighted by Gasteiger charge is 2.38. The van der Waals surface area contributed by atoms with E-state index in [0.29, 0.717) is 47.4 Å². The van der Waals surface area contributed by atoms with Gasteiger partial charge in [0.25, 0.3) is 0 Å². The van der Waals surface area contributed by atoms with Gasteiger partial charge in [-0.15, -0.1) is 0 Å². The number of carboxylic acid groups (broad SMARTS) is 1. The van der Waals surface area contributed by atoms with Gasteiger partial charge in [-0.2, -0.15) is 0 Å². The molecule has 1 aliphatic heterocycles. The average Bonchev–Trinajstić information content (AvgIpc) is 3.15. The molecular weight excluding hydrogens is 564 g/mol. The van der Waals surface area contributed by atoms with E-state index in [1.807, 2.05) is 65.8 Å². The van der Waals surface area contributed by atoms with Crippen molar-refractivity contribution in [3.63, 3.8) is 0 Å². The highest BCUT2D eigenvalue weighted by molar-refractivity contribution is 7.92. The number of ether oxygens (including phenoxy) is 1. The number of hydrogen-bond donors (Lipinski definition) is 1. The third kappa shape index (κ3) is 7.22. The fourth-order valence-electron chi connectivity index (χ4n) is 5.27. The predicted octanol–water partition coefficient (Wildman–Crippen LogP) is 7.32. The van der Waals surface area contributed by atoms with Crippen molar-refractivity contribution >= 4 is 52.3 Å². The van der Waals surface area contributed by atoms with E-state index in [4.69, 9.17) is 16.3 Å². The van der Waals surface area contributed by atoms with Gasteiger partial charge in [-0.05, 0) is 76.8 Å². The lowest BCUT2D eigenvalue weighted by Crippen LogP contribution is -2.41. The molecule has 0 spiro atoms. The van der Waals surface area contributed by atoms with E-state index < -0.39 is 35.8 Å². The van der Waals surface area contributed by atoms with Crippen LogP contribution in [0.5, 0.6) is 0 Å². The number of aromatic nitrogens is 1. The molecule has 2 heterocycles. The number of hydrogen-bond acceptors (Lipinski definition) is 4. The topological polar surface area (TPSA) is 88.8 Å². The fraction of sp³-hybridized carbons (Fsp3) is 0.567. The second-order valence-electron chi connectivity index (χ2n) is 12.8. The van der Waals surface area contributed by atoms with Crippen LogP contribution in [0.2, 0.25) is 25.7 Å². The number of aryl methyl sites for hydroxylation is 1. The van der Waals surface area contributed by atoms with Gasteiger partial charge in [0.1, 0.15) is 0 Å². The van der Waals surface area contributed by atoms with Gasteiger partial charge in [0.15, 0.2) is 6.10 Å². The van der Waals surface area contributed by atoms with Crippen molar-refractivity contribution < 1.29 is 23.1 Å². The highest BCUT2D eigenvalue weighted by Crippen LogP contribution is 2.45. The number of aliphatic carboxylic acids is 1. The Morgan fingerprint density at radius 2 is 1.88 bits per heavy atom. The minimum absolute atomic E-state index is 0.0757. The zero-order valence-electron chi connectivity index (χ0n) is 25.4. The fourth-order valence-corrected chi connectivity index (χ4v) is 10.1. The van der Waals surface area contributed by atoms with Crippen LogP contribution < -0.4 is 4.31 Å². The van der Waals surface area contributed by atoms with E-state index in [1.54, 1.807) is 0 Å². The maximum atomic E-state index is 13.8. The van der Waals surface area contributed by atoms with Gasteiger partial charge in [0.2, 0.25) is 10.0 Å². The Kier molecular flexibility index (Phi) is 9.76. The minimum atomic E-state index is -3.64. The van der Waals surface area contributed by atoms with Crippen LogP contribution in [0.3, 0.4) is 0 Å². The van der Waals surface area contributed by atoms with Crippen LogP contribution in [0.4, 0.5) is 5.69 Å². The number of nitrogens with zero attached hydrogens (tertiary/aromatic N) is 2. The number of anilines is 1. The summed E-state index contributed by atoms with van der Waals surface area (Å²) in [6, 6.07) is 2.70. The molecule has 7 nitrogen and oxygen atoms in total. The molecule has 222 valence electrons. The first-order chi connectivity index (χ1) is 18.4. The summed E-state index contributed by atoms with van der Waals surface area (Å²) in [7, 11) is -5.25. The molecule has 1 aromatic carbocycles. The van der Waals surface area contributed by atoms with Crippen LogP contribution >= 0.6 is 11.6 Å². The number of carboxylic acids is 1. The molecule has 0 saturated heterocycles. The molecule has 1 unspecified atom stereocenters. The zero-order valence-corrected chi connectivity index (χ0v) is 28.0. The Hall–Kier alpha value is -2.07. The Morgan fingerprint density at radius 3 is 2.42 bits per heavy atom. The van der Waals surface area contributed by atoms with E-state index in [0.717, 1.165) is 28.6 Å². The SMILES string of the molecule is CC/C=C(Cl)\C=C/Cc1c(C(OC(C)(C)C)C(=O)O)c(C)c2c3c1cc(C)n3CCN2S(=O)(=O)CC[Si](C)(C)C. The second kappa shape index (κ2) is 12.0. The predicted molar refractivity (Wildman–Crippen MR) is 169 cm³/mol. The number of carbonyl (C=O) groups is 1. The maximum Gasteiger partial charge on any atom is 0.337 e. The van der Waals surface area contributed by atoms with Gasteiger partial charge in [-0.3, -0.25) is 4.31 Å². The molecule has 10 heteroatoms. The van der Waals surface area contributed by atoms with E-state index >= 15 is 0 Å². The Labute approximate surface area is 245 Å². The summed E-state index contributed by atoms with van der Waals surface area (Å²) in [4.78, 5) is 12.8. The van der Waals surface area contributed by atoms with Crippen molar-refractivity contribution in [1.82, 2.24) is 4.57 Å². The van der Waals surface area contributed by atoms with Crippen molar-refractivity contribution in [3.05, 3.63) is 51.7 Å². The summed E-state index contributed by atoms with van der Waals surface area (Å²) in [5.74, 6) is -1.04. The number of benzene rings is 1. The zero-order chi connectivity index (χ0) is 30.2. The van der Waals surface area contributed by atoms with Crippen molar-refractivity contribution in [3.8, 4) is 0 Å². The van der Waals surface area contributed by atoms with Crippen LogP contribution in [0, 0.1) is 13.8 Å². The summed E-state index contributed by atoms with van der Waals surface area (Å²) in [6.45, 7) is 18.7. The number of sulfonamides is 1. The Bertz CT molecular complexity index is 1450. The van der Waals surface area contributed by atoms with E-state index in [-0.39, 0.29) is 5.75 Å². The highest BCUT2D eigenvalue weighted by atomic mass is 35.5. The van der Waals surface area contributed by atoms with Gasteiger partial charge in [-0.25, -0.2) is 13.2 Å². The van der Waals surface area contributed by atoms with E-state index in [1.165, 1.54) is 4.31 Å². The molecule has 40 heavy (non-hydrogen) atoms. The second-order valence-corrected chi connectivity index (χ2v) is 20.9. The molecule has 0 saturated carbocycles. The smallest absolute Gasteiger partial charge is 0.337 e. The lowest BCUT2D eigenvalue weighted by molar-refractivity contribution is -0.160. The van der Waals surface area contributed by atoms with Gasteiger partial charge in [0, 0.05) is 36.3 Å². The molecule has 3 rings (SSSR count). The largest absolute Gasteiger partial charge is 0.479 e. The number of allylic oxidation sites excluding steroid dienone is 4. The van der Waals surface area contributed by atoms with Crippen LogP contribution in [0.15, 0.2) is 29.3 Å². The normalized spacial score (nSPS) is 15.8. The summed E-state index contributed by atoms with van der Waals surface area (Å²) < 4.78 is 37.5. The van der Waals surface area contributed by atoms with Crippen molar-refractivity contribution in [1.29, 1.82) is 0 Å². The summed E-state index contributed by atoms with van der Waals surface area (Å²) in [5, 5.41) is 11.9. The van der Waals surface area contributed by atoms with E-state index in [2.05, 4.69) is 24.2 Å². The van der Waals surface area contributed by atoms with Crippen LogP contribution in [0.1, 0.15) is 62.6 Å². The average molecular weight is 609 g/mol. The molecule has 0 aliphatic carbocycles. The van der Waals surface area contributed by atoms with Crippen LogP contribution in [-0.2, 0) is 32.5 Å². The lowest BCUT2D eigenvalue weighted by Gasteiger charge is -2.35. The molecular formula is C30H45ClN2O5SSi. The lowest BCUT2D eigenvalue weighted by atomic mass is 9.89.